The van der Waals surface area contributed by atoms with Gasteiger partial charge in [0.05, 0.1) is 24.4 Å². The fourth-order valence-electron chi connectivity index (χ4n) is 4.83. The Hall–Kier alpha value is -5.52. The number of amides is 1. The van der Waals surface area contributed by atoms with Crippen molar-refractivity contribution in [2.75, 3.05) is 12.0 Å². The lowest BCUT2D eigenvalue weighted by Gasteiger charge is -2.26. The Labute approximate surface area is 255 Å². The maximum Gasteiger partial charge on any atom is 0.573 e. The third kappa shape index (κ3) is 6.69. The molecule has 4 aromatic rings. The first kappa shape index (κ1) is 30.9. The van der Waals surface area contributed by atoms with Crippen LogP contribution in [0.2, 0.25) is 0 Å². The van der Waals surface area contributed by atoms with Crippen LogP contribution in [-0.2, 0) is 19.1 Å². The Morgan fingerprint density at radius 3 is 2.11 bits per heavy atom. The topological polar surface area (TPSA) is 108 Å². The molecule has 1 aromatic heterocycles. The highest BCUT2D eigenvalue weighted by atomic mass is 19.4. The van der Waals surface area contributed by atoms with E-state index in [1.165, 1.54) is 18.2 Å². The van der Waals surface area contributed by atoms with Gasteiger partial charge >= 0.3 is 12.3 Å². The minimum atomic E-state index is -4.93. The van der Waals surface area contributed by atoms with E-state index in [1.54, 1.807) is 67.6 Å². The van der Waals surface area contributed by atoms with Crippen LogP contribution in [-0.4, -0.2) is 41.3 Å². The lowest BCUT2D eigenvalue weighted by molar-refractivity contribution is -0.274. The first-order chi connectivity index (χ1) is 21.5. The van der Waals surface area contributed by atoms with Crippen LogP contribution in [0.5, 0.6) is 5.75 Å². The minimum Gasteiger partial charge on any atom is -0.468 e. The molecule has 230 valence electrons. The van der Waals surface area contributed by atoms with E-state index in [2.05, 4.69) is 14.9 Å². The number of methoxy groups -OCH3 is 1. The molecule has 2 heterocycles. The summed E-state index contributed by atoms with van der Waals surface area (Å²) in [5.41, 5.74) is 2.06. The number of carbonyl (C=O) groups excluding carboxylic acids is 3. The van der Waals surface area contributed by atoms with E-state index in [9.17, 15) is 27.6 Å². The average Bonchev–Trinajstić information content (AvgIpc) is 3.31. The van der Waals surface area contributed by atoms with Crippen LogP contribution in [0.25, 0.3) is 0 Å². The van der Waals surface area contributed by atoms with Crippen LogP contribution in [0, 0.1) is 13.8 Å². The van der Waals surface area contributed by atoms with Gasteiger partial charge in [-0.15, -0.1) is 18.3 Å². The van der Waals surface area contributed by atoms with Crippen molar-refractivity contribution in [2.24, 2.45) is 0 Å². The number of alkyl halides is 3. The van der Waals surface area contributed by atoms with E-state index in [-0.39, 0.29) is 22.5 Å². The quantitative estimate of drug-likeness (QED) is 0.163. The number of aryl methyl sites for hydroxylation is 2. The normalized spacial score (nSPS) is 15.6. The largest absolute Gasteiger partial charge is 0.573 e. The third-order valence-corrected chi connectivity index (χ3v) is 6.96. The number of benzene rings is 3. The summed E-state index contributed by atoms with van der Waals surface area (Å²) in [6.45, 7) is 3.53. The number of hydrogen-bond donors (Lipinski definition) is 0. The van der Waals surface area contributed by atoms with E-state index in [1.807, 2.05) is 6.92 Å². The molecule has 45 heavy (non-hydrogen) atoms. The minimum absolute atomic E-state index is 0.0355. The van der Waals surface area contributed by atoms with Crippen molar-refractivity contribution in [2.45, 2.75) is 32.4 Å². The van der Waals surface area contributed by atoms with Gasteiger partial charge in [-0.3, -0.25) is 14.5 Å². The zero-order valence-corrected chi connectivity index (χ0v) is 24.2. The second-order valence-electron chi connectivity index (χ2n) is 10.1. The highest BCUT2D eigenvalue weighted by molar-refractivity contribution is 6.21. The van der Waals surface area contributed by atoms with E-state index < -0.39 is 47.7 Å². The zero-order valence-electron chi connectivity index (χ0n) is 24.2. The summed E-state index contributed by atoms with van der Waals surface area (Å²) in [4.78, 5) is 42.7. The van der Waals surface area contributed by atoms with Crippen molar-refractivity contribution < 1.29 is 41.8 Å². The summed E-state index contributed by atoms with van der Waals surface area (Å²) in [6, 6.07) is 21.5. The third-order valence-electron chi connectivity index (χ3n) is 6.96. The molecule has 1 aliphatic rings. The molecule has 0 aliphatic carbocycles. The van der Waals surface area contributed by atoms with Crippen LogP contribution in [0.4, 0.5) is 19.0 Å². The maximum absolute atomic E-state index is 14.3. The molecular weight excluding hydrogens is 591 g/mol. The Balaban J connectivity index is 1.72. The van der Waals surface area contributed by atoms with Crippen molar-refractivity contribution in [3.05, 3.63) is 130 Å². The first-order valence-electron chi connectivity index (χ1n) is 13.6. The molecule has 2 atom stereocenters. The highest BCUT2D eigenvalue weighted by Gasteiger charge is 2.48. The number of carbonyl (C=O) groups is 3. The van der Waals surface area contributed by atoms with E-state index in [0.29, 0.717) is 11.3 Å². The Morgan fingerprint density at radius 1 is 0.867 bits per heavy atom. The van der Waals surface area contributed by atoms with Gasteiger partial charge in [-0.1, -0.05) is 72.3 Å². The Bertz CT molecular complexity index is 1740. The van der Waals surface area contributed by atoms with E-state index in [0.717, 1.165) is 29.7 Å². The molecule has 1 aliphatic heterocycles. The van der Waals surface area contributed by atoms with Gasteiger partial charge < -0.3 is 14.2 Å². The summed E-state index contributed by atoms with van der Waals surface area (Å²) < 4.78 is 53.8. The second kappa shape index (κ2) is 12.6. The summed E-state index contributed by atoms with van der Waals surface area (Å²) in [7, 11) is 1.16. The molecule has 0 bridgehead atoms. The van der Waals surface area contributed by atoms with Gasteiger partial charge in [0.2, 0.25) is 6.10 Å². The fraction of sp³-hybridized carbons (Fsp3) is 0.182. The van der Waals surface area contributed by atoms with Gasteiger partial charge in [-0.2, -0.15) is 5.10 Å². The molecule has 0 radical (unpaired) electrons. The highest BCUT2D eigenvalue weighted by Crippen LogP contribution is 2.44. The smallest absolute Gasteiger partial charge is 0.468 e. The SMILES string of the molecule is COC(=O)[C@@H](OC1=C(C(=O)c2ccc(C)cc2)[C@@H](c2ccc(OC(F)(F)F)cc2)N(c2ccc(C)nn2)C1=O)c1ccccc1. The van der Waals surface area contributed by atoms with Gasteiger partial charge in [-0.05, 0) is 43.7 Å². The van der Waals surface area contributed by atoms with Crippen LogP contribution < -0.4 is 9.64 Å². The van der Waals surface area contributed by atoms with Crippen molar-refractivity contribution in [3.8, 4) is 5.75 Å². The standard InChI is InChI=1S/C33H26F3N3O6/c1-19-9-12-22(13-10-19)28(40)26-27(21-14-16-24(17-15-21)45-33(34,35)36)39(25-18-11-20(2)37-38-25)31(41)30(26)44-29(32(42)43-3)23-7-5-4-6-8-23/h4-18,27,29H,1-3H3/t27-,29+/m1/s1. The number of hydrogen-bond acceptors (Lipinski definition) is 8. The van der Waals surface area contributed by atoms with Crippen molar-refractivity contribution >= 4 is 23.5 Å². The van der Waals surface area contributed by atoms with Crippen molar-refractivity contribution in [3.63, 3.8) is 0 Å². The van der Waals surface area contributed by atoms with Crippen molar-refractivity contribution in [1.82, 2.24) is 10.2 Å². The lowest BCUT2D eigenvalue weighted by Crippen LogP contribution is -2.32. The van der Waals surface area contributed by atoms with E-state index in [4.69, 9.17) is 9.47 Å². The number of esters is 1. The molecule has 5 rings (SSSR count). The Morgan fingerprint density at radius 2 is 1.53 bits per heavy atom. The average molecular weight is 618 g/mol. The van der Waals surface area contributed by atoms with Gasteiger partial charge in [0, 0.05) is 11.1 Å². The second-order valence-corrected chi connectivity index (χ2v) is 10.1. The summed E-state index contributed by atoms with van der Waals surface area (Å²) in [5.74, 6) is -3.19. The summed E-state index contributed by atoms with van der Waals surface area (Å²) in [5, 5.41) is 8.20. The molecule has 12 heteroatoms. The fourth-order valence-corrected chi connectivity index (χ4v) is 4.83. The number of nitrogens with zero attached hydrogens (tertiary/aromatic N) is 3. The van der Waals surface area contributed by atoms with Crippen LogP contribution >= 0.6 is 0 Å². The molecule has 0 spiro atoms. The van der Waals surface area contributed by atoms with Crippen LogP contribution in [0.3, 0.4) is 0 Å². The number of rotatable bonds is 9. The monoisotopic (exact) mass is 617 g/mol. The molecule has 0 fully saturated rings. The number of ether oxygens (including phenoxy) is 3. The summed E-state index contributed by atoms with van der Waals surface area (Å²) >= 11 is 0. The summed E-state index contributed by atoms with van der Waals surface area (Å²) in [6.07, 6.45) is -6.37. The predicted octanol–water partition coefficient (Wildman–Crippen LogP) is 6.15. The number of aromatic nitrogens is 2. The van der Waals surface area contributed by atoms with Gasteiger partial charge in [0.15, 0.2) is 17.4 Å². The number of anilines is 1. The van der Waals surface area contributed by atoms with Crippen molar-refractivity contribution in [1.29, 1.82) is 0 Å². The molecule has 0 saturated carbocycles. The lowest BCUT2D eigenvalue weighted by atomic mass is 9.92. The van der Waals surface area contributed by atoms with Gasteiger partial charge in [0.1, 0.15) is 5.75 Å². The predicted molar refractivity (Wildman–Crippen MR) is 155 cm³/mol. The molecule has 0 N–H and O–H groups in total. The maximum atomic E-state index is 14.3. The molecular formula is C33H26F3N3O6. The molecule has 0 unspecified atom stereocenters. The molecule has 0 saturated heterocycles. The van der Waals surface area contributed by atoms with Gasteiger partial charge in [0.25, 0.3) is 5.91 Å². The number of ketones is 1. The van der Waals surface area contributed by atoms with Crippen LogP contribution in [0.15, 0.2) is 102 Å². The van der Waals surface area contributed by atoms with Gasteiger partial charge in [-0.25, -0.2) is 4.79 Å². The molecule has 9 nitrogen and oxygen atoms in total. The van der Waals surface area contributed by atoms with E-state index >= 15 is 0 Å². The first-order valence-corrected chi connectivity index (χ1v) is 13.6. The number of halogens is 3. The molecule has 1 amide bonds. The number of Topliss-reactive ketones (excluding diaryl/α,β-unsaturated/α-hetero) is 1. The zero-order chi connectivity index (χ0) is 32.3. The van der Waals surface area contributed by atoms with Crippen LogP contribution in [0.1, 0.15) is 44.9 Å². The Kier molecular flexibility index (Phi) is 8.66. The molecule has 3 aromatic carbocycles.